The maximum atomic E-state index is 12.5. The Morgan fingerprint density at radius 3 is 2.96 bits per heavy atom. The van der Waals surface area contributed by atoms with Gasteiger partial charge in [-0.2, -0.15) is 0 Å². The molecule has 1 N–H and O–H groups in total. The molecule has 1 aromatic heterocycles. The van der Waals surface area contributed by atoms with Crippen LogP contribution in [0.15, 0.2) is 42.5 Å². The fourth-order valence-corrected chi connectivity index (χ4v) is 3.93. The summed E-state index contributed by atoms with van der Waals surface area (Å²) in [4.78, 5) is 13.0. The maximum absolute atomic E-state index is 12.5. The van der Waals surface area contributed by atoms with Crippen molar-refractivity contribution in [1.29, 1.82) is 0 Å². The van der Waals surface area contributed by atoms with Crippen LogP contribution in [0.4, 0.5) is 5.69 Å². The zero-order valence-corrected chi connectivity index (χ0v) is 13.5. The van der Waals surface area contributed by atoms with Gasteiger partial charge in [0.1, 0.15) is 10.6 Å². The summed E-state index contributed by atoms with van der Waals surface area (Å²) in [7, 11) is 0. The van der Waals surface area contributed by atoms with Gasteiger partial charge in [-0.3, -0.25) is 4.79 Å². The van der Waals surface area contributed by atoms with Gasteiger partial charge in [0, 0.05) is 21.3 Å². The highest BCUT2D eigenvalue weighted by atomic mass is 35.5. The first-order valence-corrected chi connectivity index (χ1v) is 8.23. The van der Waals surface area contributed by atoms with Crippen LogP contribution in [0.3, 0.4) is 0 Å². The molecule has 1 aliphatic rings. The minimum atomic E-state index is -0.214. The summed E-state index contributed by atoms with van der Waals surface area (Å²) < 4.78 is 11.6. The number of hydrogen-bond acceptors (Lipinski definition) is 4. The third-order valence-corrected chi connectivity index (χ3v) is 5.29. The lowest BCUT2D eigenvalue weighted by Gasteiger charge is -2.18. The number of hydrogen-bond donors (Lipinski definition) is 1. The summed E-state index contributed by atoms with van der Waals surface area (Å²) in [6.45, 7) is 0.735. The standard InChI is InChI=1S/C17H12ClNO3S/c18-15-12-3-1-2-4-14(12)23-16(15)17(20)19-11-5-6-13-10(7-11)8-21-9-22-13/h1-7H,8-9H2,(H,19,20). The number of fused-ring (bicyclic) bond motifs is 2. The van der Waals surface area contributed by atoms with Crippen LogP contribution in [-0.2, 0) is 11.3 Å². The number of halogens is 1. The van der Waals surface area contributed by atoms with Gasteiger partial charge in [-0.05, 0) is 24.3 Å². The number of anilines is 1. The van der Waals surface area contributed by atoms with E-state index < -0.39 is 0 Å². The van der Waals surface area contributed by atoms with Crippen LogP contribution in [0.5, 0.6) is 5.75 Å². The average molecular weight is 346 g/mol. The van der Waals surface area contributed by atoms with Crippen LogP contribution < -0.4 is 10.1 Å². The molecule has 0 fully saturated rings. The van der Waals surface area contributed by atoms with Crippen molar-refractivity contribution < 1.29 is 14.3 Å². The Morgan fingerprint density at radius 2 is 2.09 bits per heavy atom. The van der Waals surface area contributed by atoms with Gasteiger partial charge in [0.05, 0.1) is 11.6 Å². The van der Waals surface area contributed by atoms with Gasteiger partial charge >= 0.3 is 0 Å². The molecule has 0 saturated heterocycles. The first kappa shape index (κ1) is 14.5. The molecule has 4 rings (SSSR count). The number of rotatable bonds is 2. The van der Waals surface area contributed by atoms with Gasteiger partial charge in [0.25, 0.3) is 5.91 Å². The molecule has 4 nitrogen and oxygen atoms in total. The number of carbonyl (C=O) groups excluding carboxylic acids is 1. The normalized spacial score (nSPS) is 13.4. The number of amides is 1. The molecule has 0 radical (unpaired) electrons. The van der Waals surface area contributed by atoms with E-state index in [1.807, 2.05) is 42.5 Å². The summed E-state index contributed by atoms with van der Waals surface area (Å²) in [5.41, 5.74) is 1.60. The fraction of sp³-hybridized carbons (Fsp3) is 0.118. The molecule has 23 heavy (non-hydrogen) atoms. The van der Waals surface area contributed by atoms with Crippen molar-refractivity contribution in [2.24, 2.45) is 0 Å². The third kappa shape index (κ3) is 2.67. The predicted octanol–water partition coefficient (Wildman–Crippen LogP) is 4.67. The molecule has 0 unspecified atom stereocenters. The Bertz CT molecular complexity index is 906. The smallest absolute Gasteiger partial charge is 0.267 e. The second-order valence-corrected chi connectivity index (χ2v) is 6.56. The van der Waals surface area contributed by atoms with Crippen molar-refractivity contribution in [2.45, 2.75) is 6.61 Å². The highest BCUT2D eigenvalue weighted by molar-refractivity contribution is 7.21. The van der Waals surface area contributed by atoms with E-state index in [9.17, 15) is 4.79 Å². The Morgan fingerprint density at radius 1 is 1.22 bits per heavy atom. The molecule has 0 saturated carbocycles. The lowest BCUT2D eigenvalue weighted by molar-refractivity contribution is -0.0163. The summed E-state index contributed by atoms with van der Waals surface area (Å²) in [6, 6.07) is 13.2. The minimum Gasteiger partial charge on any atom is -0.467 e. The van der Waals surface area contributed by atoms with E-state index >= 15 is 0 Å². The van der Waals surface area contributed by atoms with E-state index in [1.54, 1.807) is 0 Å². The van der Waals surface area contributed by atoms with E-state index in [-0.39, 0.29) is 12.7 Å². The first-order chi connectivity index (χ1) is 11.2. The van der Waals surface area contributed by atoms with Gasteiger partial charge in [-0.15, -0.1) is 11.3 Å². The SMILES string of the molecule is O=C(Nc1ccc2c(c1)COCO2)c1sc2ccccc2c1Cl. The van der Waals surface area contributed by atoms with Crippen LogP contribution in [-0.4, -0.2) is 12.7 Å². The van der Waals surface area contributed by atoms with Gasteiger partial charge in [0.15, 0.2) is 6.79 Å². The average Bonchev–Trinajstić information content (AvgIpc) is 2.92. The quantitative estimate of drug-likeness (QED) is 0.734. The molecule has 1 amide bonds. The van der Waals surface area contributed by atoms with Crippen molar-refractivity contribution in [3.8, 4) is 5.75 Å². The summed E-state index contributed by atoms with van der Waals surface area (Å²) >= 11 is 7.73. The second kappa shape index (κ2) is 5.85. The minimum absolute atomic E-state index is 0.214. The van der Waals surface area contributed by atoms with Crippen LogP contribution >= 0.6 is 22.9 Å². The lowest BCUT2D eigenvalue weighted by atomic mass is 10.1. The number of nitrogens with one attached hydrogen (secondary N) is 1. The molecule has 0 bridgehead atoms. The van der Waals surface area contributed by atoms with Crippen molar-refractivity contribution >= 4 is 44.6 Å². The predicted molar refractivity (Wildman–Crippen MR) is 91.5 cm³/mol. The Kier molecular flexibility index (Phi) is 3.69. The molecule has 0 aliphatic carbocycles. The van der Waals surface area contributed by atoms with E-state index in [2.05, 4.69) is 5.32 Å². The number of benzene rings is 2. The number of ether oxygens (including phenoxy) is 2. The molecule has 0 spiro atoms. The Hall–Kier alpha value is -2.08. The van der Waals surface area contributed by atoms with Crippen molar-refractivity contribution in [1.82, 2.24) is 0 Å². The Labute approximate surface area is 141 Å². The van der Waals surface area contributed by atoms with Crippen molar-refractivity contribution in [2.75, 3.05) is 12.1 Å². The van der Waals surface area contributed by atoms with Crippen LogP contribution in [0.1, 0.15) is 15.2 Å². The number of carbonyl (C=O) groups is 1. The lowest BCUT2D eigenvalue weighted by Crippen LogP contribution is -2.14. The molecular weight excluding hydrogens is 334 g/mol. The van der Waals surface area contributed by atoms with Gasteiger partial charge in [0.2, 0.25) is 0 Å². The molecule has 0 atom stereocenters. The van der Waals surface area contributed by atoms with E-state index in [0.29, 0.717) is 22.2 Å². The highest BCUT2D eigenvalue weighted by Gasteiger charge is 2.18. The van der Waals surface area contributed by atoms with Crippen LogP contribution in [0.2, 0.25) is 5.02 Å². The van der Waals surface area contributed by atoms with E-state index in [1.165, 1.54) is 11.3 Å². The molecular formula is C17H12ClNO3S. The molecule has 1 aliphatic heterocycles. The fourth-order valence-electron chi connectivity index (χ4n) is 2.52. The molecule has 2 heterocycles. The monoisotopic (exact) mass is 345 g/mol. The van der Waals surface area contributed by atoms with Gasteiger partial charge in [-0.1, -0.05) is 29.8 Å². The third-order valence-electron chi connectivity index (χ3n) is 3.61. The summed E-state index contributed by atoms with van der Waals surface area (Å²) in [6.07, 6.45) is 0. The van der Waals surface area contributed by atoms with Gasteiger partial charge < -0.3 is 14.8 Å². The highest BCUT2D eigenvalue weighted by Crippen LogP contribution is 2.35. The second-order valence-electron chi connectivity index (χ2n) is 5.13. The maximum Gasteiger partial charge on any atom is 0.267 e. The summed E-state index contributed by atoms with van der Waals surface area (Å²) in [5, 5.41) is 4.28. The molecule has 116 valence electrons. The van der Waals surface area contributed by atoms with Crippen LogP contribution in [0.25, 0.3) is 10.1 Å². The zero-order chi connectivity index (χ0) is 15.8. The van der Waals surface area contributed by atoms with Gasteiger partial charge in [-0.25, -0.2) is 0 Å². The van der Waals surface area contributed by atoms with Crippen molar-refractivity contribution in [3.63, 3.8) is 0 Å². The zero-order valence-electron chi connectivity index (χ0n) is 12.0. The number of thiophene rings is 1. The summed E-state index contributed by atoms with van der Waals surface area (Å²) in [5.74, 6) is 0.572. The molecule has 2 aromatic carbocycles. The topological polar surface area (TPSA) is 47.6 Å². The molecule has 3 aromatic rings. The van der Waals surface area contributed by atoms with Crippen molar-refractivity contribution in [3.05, 3.63) is 57.9 Å². The van der Waals surface area contributed by atoms with E-state index in [0.717, 1.165) is 21.4 Å². The molecule has 6 heteroatoms. The van der Waals surface area contributed by atoms with Crippen LogP contribution in [0, 0.1) is 0 Å². The largest absolute Gasteiger partial charge is 0.467 e. The first-order valence-electron chi connectivity index (χ1n) is 7.04. The Balaban J connectivity index is 1.63. The van der Waals surface area contributed by atoms with E-state index in [4.69, 9.17) is 21.1 Å².